The number of rotatable bonds is 6. The summed E-state index contributed by atoms with van der Waals surface area (Å²) in [5, 5.41) is 1.37. The highest BCUT2D eigenvalue weighted by Gasteiger charge is 2.36. The van der Waals surface area contributed by atoms with Crippen molar-refractivity contribution >= 4 is 11.4 Å². The molecule has 2 aromatic rings. The third-order valence-electron chi connectivity index (χ3n) is 6.33. The van der Waals surface area contributed by atoms with Crippen molar-refractivity contribution in [2.24, 2.45) is 17.5 Å². The van der Waals surface area contributed by atoms with Gasteiger partial charge in [-0.05, 0) is 43.9 Å². The van der Waals surface area contributed by atoms with Crippen LogP contribution >= 0.6 is 0 Å². The van der Waals surface area contributed by atoms with Gasteiger partial charge in [0, 0.05) is 43.8 Å². The maximum atomic E-state index is 14.0. The molecule has 1 saturated heterocycles. The summed E-state index contributed by atoms with van der Waals surface area (Å²) in [7, 11) is 1.65. The summed E-state index contributed by atoms with van der Waals surface area (Å²) < 4.78 is 29.5. The van der Waals surface area contributed by atoms with Gasteiger partial charge in [-0.25, -0.2) is 19.6 Å². The number of nitrogens with two attached hydrogens (primary N) is 2. The lowest BCUT2D eigenvalue weighted by Crippen LogP contribution is -2.43. The summed E-state index contributed by atoms with van der Waals surface area (Å²) in [4.78, 5) is 18.9. The summed E-state index contributed by atoms with van der Waals surface area (Å²) in [5.41, 5.74) is 9.75. The predicted molar refractivity (Wildman–Crippen MR) is 133 cm³/mol. The summed E-state index contributed by atoms with van der Waals surface area (Å²) in [6.07, 6.45) is 4.86. The molecule has 0 radical (unpaired) electrons. The number of anilines is 1. The average Bonchev–Trinajstić information content (AvgIpc) is 3.65. The molecule has 0 amide bonds. The SMILES string of the molecule is CCc1nc(/C(N)=C(\Cn2cc(C#CC3CC3)ccc2=O)N(C)N)ccc1N1CCCC(F)(F)C1. The number of aromatic nitrogens is 2. The number of hydrazine groups is 1. The fourth-order valence-corrected chi connectivity index (χ4v) is 4.20. The molecule has 4 rings (SSSR count). The van der Waals surface area contributed by atoms with Gasteiger partial charge in [0.25, 0.3) is 11.5 Å². The van der Waals surface area contributed by atoms with Crippen LogP contribution < -0.4 is 22.0 Å². The Balaban J connectivity index is 1.65. The lowest BCUT2D eigenvalue weighted by atomic mass is 10.1. The molecule has 7 nitrogen and oxygen atoms in total. The quantitative estimate of drug-likeness (QED) is 0.374. The van der Waals surface area contributed by atoms with E-state index in [2.05, 4.69) is 11.8 Å². The smallest absolute Gasteiger partial charge is 0.265 e. The van der Waals surface area contributed by atoms with Crippen LogP contribution in [0.4, 0.5) is 14.5 Å². The van der Waals surface area contributed by atoms with E-state index >= 15 is 0 Å². The van der Waals surface area contributed by atoms with Crippen molar-refractivity contribution in [3.63, 3.8) is 0 Å². The number of pyridine rings is 2. The number of nitrogens with zero attached hydrogens (tertiary/aromatic N) is 4. The van der Waals surface area contributed by atoms with Crippen LogP contribution in [0.3, 0.4) is 0 Å². The molecule has 186 valence electrons. The van der Waals surface area contributed by atoms with E-state index in [0.29, 0.717) is 53.8 Å². The molecule has 1 aliphatic heterocycles. The highest BCUT2D eigenvalue weighted by atomic mass is 19.3. The van der Waals surface area contributed by atoms with Gasteiger partial charge in [0.1, 0.15) is 0 Å². The largest absolute Gasteiger partial charge is 0.395 e. The standard InChI is InChI=1S/C26H32F2N6O/c1-3-20-22(33-14-4-13-26(27,28)17-33)11-10-21(31-20)25(29)23(32(2)30)16-34-15-19(9-12-24(34)35)8-7-18-5-6-18/h9-12,15,18H,3-6,13-14,16-17,29-30H2,1-2H3/b25-23-. The van der Waals surface area contributed by atoms with Gasteiger partial charge in [0.15, 0.2) is 0 Å². The van der Waals surface area contributed by atoms with Gasteiger partial charge in [-0.15, -0.1) is 0 Å². The second-order valence-electron chi connectivity index (χ2n) is 9.30. The third kappa shape index (κ3) is 6.01. The lowest BCUT2D eigenvalue weighted by molar-refractivity contribution is -0.0117. The van der Waals surface area contributed by atoms with E-state index in [1.807, 2.05) is 6.92 Å². The number of piperidine rings is 1. The zero-order valence-corrected chi connectivity index (χ0v) is 20.2. The molecule has 2 aromatic heterocycles. The number of aryl methyl sites for hydroxylation is 1. The number of likely N-dealkylation sites (N-methyl/N-ethyl adjacent to an activating group) is 1. The van der Waals surface area contributed by atoms with Crippen LogP contribution in [0.25, 0.3) is 5.70 Å². The van der Waals surface area contributed by atoms with E-state index in [4.69, 9.17) is 16.6 Å². The molecule has 9 heteroatoms. The molecule has 1 aliphatic carbocycles. The first kappa shape index (κ1) is 24.7. The maximum Gasteiger partial charge on any atom is 0.265 e. The minimum atomic E-state index is -2.71. The Kier molecular flexibility index (Phi) is 7.13. The van der Waals surface area contributed by atoms with E-state index in [9.17, 15) is 13.6 Å². The molecule has 0 atom stereocenters. The summed E-state index contributed by atoms with van der Waals surface area (Å²) >= 11 is 0. The third-order valence-corrected chi connectivity index (χ3v) is 6.33. The van der Waals surface area contributed by atoms with Crippen molar-refractivity contribution in [2.45, 2.75) is 51.5 Å². The van der Waals surface area contributed by atoms with Gasteiger partial charge < -0.3 is 20.2 Å². The first-order valence-electron chi connectivity index (χ1n) is 12.0. The van der Waals surface area contributed by atoms with E-state index in [1.165, 1.54) is 15.6 Å². The Morgan fingerprint density at radius 2 is 2.06 bits per heavy atom. The van der Waals surface area contributed by atoms with E-state index in [-0.39, 0.29) is 25.1 Å². The second-order valence-corrected chi connectivity index (χ2v) is 9.30. The molecule has 0 bridgehead atoms. The highest BCUT2D eigenvalue weighted by Crippen LogP contribution is 2.32. The number of hydrogen-bond acceptors (Lipinski definition) is 6. The van der Waals surface area contributed by atoms with Gasteiger partial charge in [-0.1, -0.05) is 18.8 Å². The zero-order valence-electron chi connectivity index (χ0n) is 20.2. The van der Waals surface area contributed by atoms with Gasteiger partial charge in [-0.2, -0.15) is 0 Å². The Morgan fingerprint density at radius 1 is 1.29 bits per heavy atom. The molecular formula is C26H32F2N6O. The number of allylic oxidation sites excluding steroid dienone is 1. The van der Waals surface area contributed by atoms with Gasteiger partial charge in [-0.3, -0.25) is 4.79 Å². The van der Waals surface area contributed by atoms with Crippen molar-refractivity contribution < 1.29 is 8.78 Å². The van der Waals surface area contributed by atoms with Crippen molar-refractivity contribution in [2.75, 3.05) is 25.0 Å². The second kappa shape index (κ2) is 10.1. The average molecular weight is 483 g/mol. The van der Waals surface area contributed by atoms with Crippen LogP contribution in [-0.2, 0) is 13.0 Å². The summed E-state index contributed by atoms with van der Waals surface area (Å²) in [6.45, 7) is 2.32. The van der Waals surface area contributed by atoms with Gasteiger partial charge in [0.05, 0.1) is 41.6 Å². The van der Waals surface area contributed by atoms with Crippen LogP contribution in [0.5, 0.6) is 0 Å². The first-order valence-corrected chi connectivity index (χ1v) is 12.0. The van der Waals surface area contributed by atoms with Crippen LogP contribution in [0.2, 0.25) is 0 Å². The van der Waals surface area contributed by atoms with Crippen LogP contribution in [-0.4, -0.2) is 40.6 Å². The van der Waals surface area contributed by atoms with Crippen molar-refractivity contribution in [1.82, 2.24) is 14.6 Å². The topological polar surface area (TPSA) is 93.4 Å². The summed E-state index contributed by atoms with van der Waals surface area (Å²) in [6, 6.07) is 6.72. The van der Waals surface area contributed by atoms with E-state index in [0.717, 1.165) is 18.4 Å². The fraction of sp³-hybridized carbons (Fsp3) is 0.462. The molecule has 1 saturated carbocycles. The number of hydrogen-bond donors (Lipinski definition) is 2. The number of alkyl halides is 2. The highest BCUT2D eigenvalue weighted by molar-refractivity contribution is 5.65. The van der Waals surface area contributed by atoms with E-state index in [1.54, 1.807) is 36.3 Å². The molecular weight excluding hydrogens is 450 g/mol. The summed E-state index contributed by atoms with van der Waals surface area (Å²) in [5.74, 6) is 10.2. The first-order chi connectivity index (χ1) is 16.7. The molecule has 0 spiro atoms. The van der Waals surface area contributed by atoms with E-state index < -0.39 is 5.92 Å². The maximum absolute atomic E-state index is 14.0. The Morgan fingerprint density at radius 3 is 2.71 bits per heavy atom. The van der Waals surface area contributed by atoms with Crippen molar-refractivity contribution in [3.8, 4) is 11.8 Å². The normalized spacial score (nSPS) is 17.9. The molecule has 2 fully saturated rings. The van der Waals surface area contributed by atoms with Crippen molar-refractivity contribution in [3.05, 3.63) is 63.5 Å². The number of halogens is 2. The van der Waals surface area contributed by atoms with Crippen LogP contribution in [0, 0.1) is 17.8 Å². The Bertz CT molecular complexity index is 1240. The minimum absolute atomic E-state index is 0.0922. The molecule has 3 heterocycles. The van der Waals surface area contributed by atoms with Crippen LogP contribution in [0.15, 0.2) is 41.0 Å². The van der Waals surface area contributed by atoms with Gasteiger partial charge >= 0.3 is 0 Å². The van der Waals surface area contributed by atoms with Gasteiger partial charge in [0.2, 0.25) is 0 Å². The Labute approximate surface area is 204 Å². The minimum Gasteiger partial charge on any atom is -0.395 e. The van der Waals surface area contributed by atoms with Crippen molar-refractivity contribution in [1.29, 1.82) is 0 Å². The molecule has 0 unspecified atom stereocenters. The molecule has 35 heavy (non-hydrogen) atoms. The predicted octanol–water partition coefficient (Wildman–Crippen LogP) is 2.94. The molecule has 0 aromatic carbocycles. The Hall–Kier alpha value is -3.38. The molecule has 4 N–H and O–H groups in total. The monoisotopic (exact) mass is 482 g/mol. The lowest BCUT2D eigenvalue weighted by Gasteiger charge is -2.35. The zero-order chi connectivity index (χ0) is 25.2. The van der Waals surface area contributed by atoms with Crippen LogP contribution in [0.1, 0.15) is 49.6 Å². The fourth-order valence-electron chi connectivity index (χ4n) is 4.20. The molecule has 2 aliphatic rings.